The second kappa shape index (κ2) is 3.93. The second-order valence-corrected chi connectivity index (χ2v) is 5.30. The van der Waals surface area contributed by atoms with Crippen molar-refractivity contribution in [1.82, 2.24) is 0 Å². The molecule has 0 atom stereocenters. The van der Waals surface area contributed by atoms with Gasteiger partial charge < -0.3 is 0 Å². The van der Waals surface area contributed by atoms with E-state index in [0.29, 0.717) is 13.4 Å². The molecule has 0 aliphatic heterocycles. The Bertz CT molecular complexity index is 59.5. The van der Waals surface area contributed by atoms with Crippen LogP contribution in [0.15, 0.2) is 0 Å². The summed E-state index contributed by atoms with van der Waals surface area (Å²) >= 11 is 4.19. The standard InChI is InChI=1S/C6H11.Al.BrH/c1-2-4-6-5-3-1;;/h1H,2-6H2;;1H/q;+2;/p-1. The van der Waals surface area contributed by atoms with Gasteiger partial charge in [0.05, 0.1) is 0 Å². The molecule has 0 aromatic heterocycles. The van der Waals surface area contributed by atoms with Gasteiger partial charge in [-0.15, -0.1) is 0 Å². The molecule has 1 fully saturated rings. The third-order valence-corrected chi connectivity index (χ3v) is 5.09. The van der Waals surface area contributed by atoms with Crippen LogP contribution in [0.2, 0.25) is 4.78 Å². The van der Waals surface area contributed by atoms with Gasteiger partial charge in [-0.25, -0.2) is 0 Å². The molecule has 0 unspecified atom stereocenters. The molecular weight excluding hydrogens is 179 g/mol. The van der Waals surface area contributed by atoms with E-state index in [4.69, 9.17) is 0 Å². The Hall–Kier alpha value is 1.01. The molecule has 1 aliphatic rings. The Labute approximate surface area is 64.4 Å². The monoisotopic (exact) mass is 189 g/mol. The predicted octanol–water partition coefficient (Wildman–Crippen LogP) is 2.75. The van der Waals surface area contributed by atoms with Crippen LogP contribution in [0.4, 0.5) is 0 Å². The molecule has 0 aromatic carbocycles. The fraction of sp³-hybridized carbons (Fsp3) is 1.00. The normalized spacial score (nSPS) is 22.6. The SMILES string of the molecule is [Br][Al+][CH]1CCCCC1. The van der Waals surface area contributed by atoms with Crippen molar-refractivity contribution in [1.29, 1.82) is 0 Å². The summed E-state index contributed by atoms with van der Waals surface area (Å²) in [5, 5.41) is 0. The quantitative estimate of drug-likeness (QED) is 0.557. The minimum atomic E-state index is 0.600. The predicted molar refractivity (Wildman–Crippen MR) is 41.5 cm³/mol. The number of hydrogen-bond donors (Lipinski definition) is 0. The van der Waals surface area contributed by atoms with Crippen molar-refractivity contribution in [3.8, 4) is 0 Å². The summed E-state index contributed by atoms with van der Waals surface area (Å²) in [5.41, 5.74) is 0. The van der Waals surface area contributed by atoms with E-state index < -0.39 is 0 Å². The molecule has 0 N–H and O–H groups in total. The average molecular weight is 190 g/mol. The molecule has 0 spiro atoms. The van der Waals surface area contributed by atoms with E-state index in [0.717, 1.165) is 4.78 Å². The van der Waals surface area contributed by atoms with Crippen LogP contribution in [0, 0.1) is 0 Å². The summed E-state index contributed by atoms with van der Waals surface area (Å²) in [7, 11) is 0. The van der Waals surface area contributed by atoms with E-state index in [1.54, 1.807) is 0 Å². The third-order valence-electron chi connectivity index (χ3n) is 1.83. The van der Waals surface area contributed by atoms with Gasteiger partial charge in [0.1, 0.15) is 0 Å². The van der Waals surface area contributed by atoms with Gasteiger partial charge in [0.2, 0.25) is 0 Å². The van der Waals surface area contributed by atoms with Gasteiger partial charge in [-0.1, -0.05) is 0 Å². The number of halogens is 1. The first kappa shape index (κ1) is 7.12. The minimum absolute atomic E-state index is 0.600. The van der Waals surface area contributed by atoms with Crippen LogP contribution in [0.5, 0.6) is 0 Å². The van der Waals surface area contributed by atoms with Gasteiger partial charge in [0.25, 0.3) is 0 Å². The first-order valence-corrected chi connectivity index (χ1v) is 7.22. The van der Waals surface area contributed by atoms with Gasteiger partial charge in [-0.05, 0) is 0 Å². The first-order chi connectivity index (χ1) is 3.93. The van der Waals surface area contributed by atoms with Crippen LogP contribution in [0.25, 0.3) is 0 Å². The van der Waals surface area contributed by atoms with Gasteiger partial charge in [0, 0.05) is 0 Å². The van der Waals surface area contributed by atoms with E-state index in [1.165, 1.54) is 32.1 Å². The van der Waals surface area contributed by atoms with Crippen LogP contribution < -0.4 is 0 Å². The maximum absolute atomic E-state index is 3.59. The van der Waals surface area contributed by atoms with Crippen LogP contribution in [-0.4, -0.2) is 13.4 Å². The van der Waals surface area contributed by atoms with Crippen molar-refractivity contribution < 1.29 is 0 Å². The maximum atomic E-state index is 3.59. The molecule has 0 aromatic rings. The molecule has 1 aliphatic carbocycles. The molecule has 2 heteroatoms. The Morgan fingerprint density at radius 2 is 1.75 bits per heavy atom. The Morgan fingerprint density at radius 1 is 1.12 bits per heavy atom. The molecular formula is C6H11AlBr+. The summed E-state index contributed by atoms with van der Waals surface area (Å²) < 4.78 is 1.09. The zero-order valence-corrected chi connectivity index (χ0v) is 7.81. The summed E-state index contributed by atoms with van der Waals surface area (Å²) in [5.74, 6) is 0. The van der Waals surface area contributed by atoms with Gasteiger partial charge in [-0.3, -0.25) is 0 Å². The second-order valence-electron chi connectivity index (χ2n) is 2.52. The van der Waals surface area contributed by atoms with Crippen molar-refractivity contribution >= 4 is 27.4 Å². The molecule has 1 rings (SSSR count). The molecule has 8 heavy (non-hydrogen) atoms. The van der Waals surface area contributed by atoms with E-state index in [1.807, 2.05) is 0 Å². The van der Waals surface area contributed by atoms with Crippen molar-refractivity contribution in [3.05, 3.63) is 0 Å². The Morgan fingerprint density at radius 3 is 2.12 bits per heavy atom. The molecule has 0 bridgehead atoms. The summed E-state index contributed by atoms with van der Waals surface area (Å²) in [6.07, 6.45) is 7.47. The van der Waals surface area contributed by atoms with E-state index in [2.05, 4.69) is 14.1 Å². The fourth-order valence-corrected chi connectivity index (χ4v) is 3.57. The number of hydrogen-bond acceptors (Lipinski definition) is 0. The van der Waals surface area contributed by atoms with Crippen LogP contribution >= 0.6 is 14.1 Å². The van der Waals surface area contributed by atoms with Gasteiger partial charge in [-0.2, -0.15) is 0 Å². The van der Waals surface area contributed by atoms with Gasteiger partial charge in [0.15, 0.2) is 0 Å². The summed E-state index contributed by atoms with van der Waals surface area (Å²) in [6.45, 7) is 0. The van der Waals surface area contributed by atoms with Crippen molar-refractivity contribution in [2.75, 3.05) is 0 Å². The van der Waals surface area contributed by atoms with Gasteiger partial charge >= 0.3 is 64.3 Å². The summed E-state index contributed by atoms with van der Waals surface area (Å²) in [4.78, 5) is 0. The summed E-state index contributed by atoms with van der Waals surface area (Å²) in [6, 6.07) is 0. The topological polar surface area (TPSA) is 0 Å². The van der Waals surface area contributed by atoms with E-state index in [9.17, 15) is 0 Å². The van der Waals surface area contributed by atoms with Crippen LogP contribution in [0.3, 0.4) is 0 Å². The molecule has 0 nitrogen and oxygen atoms in total. The van der Waals surface area contributed by atoms with Crippen molar-refractivity contribution in [2.45, 2.75) is 36.9 Å². The van der Waals surface area contributed by atoms with Crippen LogP contribution in [0.1, 0.15) is 32.1 Å². The fourth-order valence-electron chi connectivity index (χ4n) is 1.26. The van der Waals surface area contributed by atoms with E-state index in [-0.39, 0.29) is 0 Å². The number of rotatable bonds is 1. The Balaban J connectivity index is 2.13. The molecule has 0 radical (unpaired) electrons. The molecule has 0 amide bonds. The Kier molecular flexibility index (Phi) is 3.50. The van der Waals surface area contributed by atoms with E-state index >= 15 is 0 Å². The molecule has 0 saturated heterocycles. The molecule has 0 heterocycles. The third kappa shape index (κ3) is 2.09. The first-order valence-electron chi connectivity index (χ1n) is 3.37. The van der Waals surface area contributed by atoms with Crippen molar-refractivity contribution in [2.24, 2.45) is 0 Å². The molecule has 1 saturated carbocycles. The average Bonchev–Trinajstić information content (AvgIpc) is 1.90. The van der Waals surface area contributed by atoms with Crippen molar-refractivity contribution in [3.63, 3.8) is 0 Å². The zero-order valence-electron chi connectivity index (χ0n) is 5.07. The zero-order chi connectivity index (χ0) is 5.82. The van der Waals surface area contributed by atoms with Crippen LogP contribution in [-0.2, 0) is 0 Å². The molecule has 44 valence electrons.